The Morgan fingerprint density at radius 2 is 1.21 bits per heavy atom. The Morgan fingerprint density at radius 1 is 0.929 bits per heavy atom. The lowest BCUT2D eigenvalue weighted by Gasteiger charge is -2.26. The van der Waals surface area contributed by atoms with Crippen LogP contribution < -0.4 is 0 Å². The Bertz CT molecular complexity index is 308. The molecule has 0 unspecified atom stereocenters. The van der Waals surface area contributed by atoms with Crippen LogP contribution >= 0.6 is 0 Å². The monoisotopic (exact) mass is 189 g/mol. The number of allylic oxidation sites excluding steroid dienone is 4. The minimum Gasteiger partial charge on any atom is -0.308 e. The van der Waals surface area contributed by atoms with E-state index in [1.807, 2.05) is 12.2 Å². The molecule has 0 heterocycles. The highest BCUT2D eigenvalue weighted by Crippen LogP contribution is 2.50. The van der Waals surface area contributed by atoms with Crippen LogP contribution in [0.4, 0.5) is 0 Å². The molecule has 1 nitrogen and oxygen atoms in total. The summed E-state index contributed by atoms with van der Waals surface area (Å²) < 4.78 is 0. The SMILES string of the molecule is C=CC1=C(C=C)C(C)(C)C(=N)C1(C)C. The minimum atomic E-state index is -0.200. The van der Waals surface area contributed by atoms with Crippen LogP contribution in [-0.4, -0.2) is 5.71 Å². The van der Waals surface area contributed by atoms with Crippen molar-refractivity contribution in [1.82, 2.24) is 0 Å². The van der Waals surface area contributed by atoms with E-state index in [9.17, 15) is 0 Å². The summed E-state index contributed by atoms with van der Waals surface area (Å²) in [6.07, 6.45) is 3.72. The predicted molar refractivity (Wildman–Crippen MR) is 62.7 cm³/mol. The van der Waals surface area contributed by atoms with Gasteiger partial charge in [0.05, 0.1) is 0 Å². The van der Waals surface area contributed by atoms with E-state index in [4.69, 9.17) is 5.41 Å². The summed E-state index contributed by atoms with van der Waals surface area (Å²) >= 11 is 0. The molecule has 0 atom stereocenters. The second-order valence-electron chi connectivity index (χ2n) is 4.86. The van der Waals surface area contributed by atoms with Gasteiger partial charge in [-0.05, 0) is 11.1 Å². The van der Waals surface area contributed by atoms with Crippen LogP contribution in [0.25, 0.3) is 0 Å². The van der Waals surface area contributed by atoms with Gasteiger partial charge in [-0.2, -0.15) is 0 Å². The number of hydrogen-bond donors (Lipinski definition) is 1. The van der Waals surface area contributed by atoms with E-state index in [2.05, 4.69) is 40.9 Å². The summed E-state index contributed by atoms with van der Waals surface area (Å²) in [5, 5.41) is 8.18. The van der Waals surface area contributed by atoms with Gasteiger partial charge >= 0.3 is 0 Å². The van der Waals surface area contributed by atoms with Gasteiger partial charge in [0.25, 0.3) is 0 Å². The summed E-state index contributed by atoms with van der Waals surface area (Å²) in [6, 6.07) is 0. The third kappa shape index (κ3) is 1.12. The average molecular weight is 189 g/mol. The van der Waals surface area contributed by atoms with Gasteiger partial charge < -0.3 is 5.41 Å². The number of rotatable bonds is 2. The molecule has 0 aromatic heterocycles. The molecule has 0 bridgehead atoms. The van der Waals surface area contributed by atoms with Crippen molar-refractivity contribution in [2.45, 2.75) is 27.7 Å². The molecule has 0 spiro atoms. The second kappa shape index (κ2) is 2.94. The minimum absolute atomic E-state index is 0.200. The molecule has 1 rings (SSSR count). The normalized spacial score (nSPS) is 23.9. The Balaban J connectivity index is 3.50. The molecule has 0 saturated heterocycles. The van der Waals surface area contributed by atoms with Crippen molar-refractivity contribution in [3.8, 4) is 0 Å². The van der Waals surface area contributed by atoms with E-state index in [-0.39, 0.29) is 10.8 Å². The molecule has 1 aliphatic rings. The van der Waals surface area contributed by atoms with Crippen LogP contribution in [0.3, 0.4) is 0 Å². The van der Waals surface area contributed by atoms with Crippen LogP contribution in [0.2, 0.25) is 0 Å². The lowest BCUT2D eigenvalue weighted by Crippen LogP contribution is -2.29. The van der Waals surface area contributed by atoms with Crippen LogP contribution in [0.1, 0.15) is 27.7 Å². The van der Waals surface area contributed by atoms with Crippen molar-refractivity contribution in [1.29, 1.82) is 5.41 Å². The zero-order chi connectivity index (χ0) is 11.1. The van der Waals surface area contributed by atoms with Crippen molar-refractivity contribution in [3.63, 3.8) is 0 Å². The molecule has 1 heteroatoms. The van der Waals surface area contributed by atoms with E-state index in [0.29, 0.717) is 0 Å². The molecular weight excluding hydrogens is 170 g/mol. The first-order chi connectivity index (χ1) is 6.30. The Morgan fingerprint density at radius 3 is 1.43 bits per heavy atom. The summed E-state index contributed by atoms with van der Waals surface area (Å²) in [7, 11) is 0. The highest BCUT2D eigenvalue weighted by atomic mass is 14.6. The zero-order valence-corrected chi connectivity index (χ0v) is 9.57. The molecule has 1 N–H and O–H groups in total. The highest BCUT2D eigenvalue weighted by molar-refractivity contribution is 6.01. The summed E-state index contributed by atoms with van der Waals surface area (Å²) in [6.45, 7) is 16.0. The third-order valence-corrected chi connectivity index (χ3v) is 3.30. The van der Waals surface area contributed by atoms with Gasteiger partial charge in [0.15, 0.2) is 0 Å². The Kier molecular flexibility index (Phi) is 2.31. The van der Waals surface area contributed by atoms with Gasteiger partial charge in [-0.15, -0.1) is 0 Å². The quantitative estimate of drug-likeness (QED) is 0.684. The van der Waals surface area contributed by atoms with Crippen molar-refractivity contribution in [2.24, 2.45) is 10.8 Å². The van der Waals surface area contributed by atoms with Gasteiger partial charge in [0.1, 0.15) is 0 Å². The Hall–Kier alpha value is -1.11. The fraction of sp³-hybridized carbons (Fsp3) is 0.462. The van der Waals surface area contributed by atoms with E-state index in [0.717, 1.165) is 16.9 Å². The standard InChI is InChI=1S/C13H19N/c1-7-9-10(8-2)13(5,6)11(14)12(9,3)4/h7-8,14H,1-2H2,3-6H3. The van der Waals surface area contributed by atoms with Crippen LogP contribution in [0, 0.1) is 16.2 Å². The lowest BCUT2D eigenvalue weighted by atomic mass is 9.77. The van der Waals surface area contributed by atoms with Crippen molar-refractivity contribution >= 4 is 5.71 Å². The first-order valence-electron chi connectivity index (χ1n) is 4.89. The smallest absolute Gasteiger partial charge is 0.0289 e. The maximum Gasteiger partial charge on any atom is 0.0289 e. The van der Waals surface area contributed by atoms with Crippen LogP contribution in [-0.2, 0) is 0 Å². The topological polar surface area (TPSA) is 23.9 Å². The molecular formula is C13H19N. The summed E-state index contributed by atoms with van der Waals surface area (Å²) in [5.41, 5.74) is 2.63. The molecule has 0 fully saturated rings. The maximum atomic E-state index is 8.18. The second-order valence-corrected chi connectivity index (χ2v) is 4.86. The van der Waals surface area contributed by atoms with E-state index in [1.165, 1.54) is 0 Å². The third-order valence-electron chi connectivity index (χ3n) is 3.30. The van der Waals surface area contributed by atoms with Crippen molar-refractivity contribution < 1.29 is 0 Å². The van der Waals surface area contributed by atoms with Crippen LogP contribution in [0.15, 0.2) is 36.5 Å². The van der Waals surface area contributed by atoms with Crippen molar-refractivity contribution in [3.05, 3.63) is 36.5 Å². The van der Waals surface area contributed by atoms with Crippen LogP contribution in [0.5, 0.6) is 0 Å². The molecule has 0 radical (unpaired) electrons. The number of nitrogens with one attached hydrogen (secondary N) is 1. The zero-order valence-electron chi connectivity index (χ0n) is 9.57. The summed E-state index contributed by atoms with van der Waals surface area (Å²) in [5.74, 6) is 0. The first-order valence-corrected chi connectivity index (χ1v) is 4.89. The molecule has 76 valence electrons. The Labute approximate surface area is 86.7 Å². The fourth-order valence-corrected chi connectivity index (χ4v) is 2.45. The van der Waals surface area contributed by atoms with E-state index in [1.54, 1.807) is 0 Å². The molecule has 0 aromatic carbocycles. The molecule has 0 aliphatic heterocycles. The van der Waals surface area contributed by atoms with E-state index >= 15 is 0 Å². The highest BCUT2D eigenvalue weighted by Gasteiger charge is 2.46. The van der Waals surface area contributed by atoms with E-state index < -0.39 is 0 Å². The van der Waals surface area contributed by atoms with Gasteiger partial charge in [-0.1, -0.05) is 53.0 Å². The van der Waals surface area contributed by atoms with Gasteiger partial charge in [-0.3, -0.25) is 0 Å². The molecule has 14 heavy (non-hydrogen) atoms. The first kappa shape index (κ1) is 11.0. The largest absolute Gasteiger partial charge is 0.308 e. The molecule has 0 amide bonds. The molecule has 0 aromatic rings. The fourth-order valence-electron chi connectivity index (χ4n) is 2.45. The van der Waals surface area contributed by atoms with Gasteiger partial charge in [0, 0.05) is 16.5 Å². The predicted octanol–water partition coefficient (Wildman–Crippen LogP) is 3.74. The van der Waals surface area contributed by atoms with Gasteiger partial charge in [0.2, 0.25) is 0 Å². The average Bonchev–Trinajstić information content (AvgIpc) is 2.22. The van der Waals surface area contributed by atoms with Gasteiger partial charge in [-0.25, -0.2) is 0 Å². The number of hydrogen-bond acceptors (Lipinski definition) is 1. The molecule has 1 aliphatic carbocycles. The van der Waals surface area contributed by atoms with Crippen molar-refractivity contribution in [2.75, 3.05) is 0 Å². The molecule has 0 saturated carbocycles. The lowest BCUT2D eigenvalue weighted by molar-refractivity contribution is 0.586. The summed E-state index contributed by atoms with van der Waals surface area (Å²) in [4.78, 5) is 0. The maximum absolute atomic E-state index is 8.18.